The average Bonchev–Trinajstić information content (AvgIpc) is 3.22. The summed E-state index contributed by atoms with van der Waals surface area (Å²) in [6, 6.07) is 0. The molecular weight excluding hydrogens is 1030 g/mol. The van der Waals surface area contributed by atoms with Crippen molar-refractivity contribution in [2.24, 2.45) is 0 Å². The Morgan fingerprint density at radius 1 is 0.328 bits per heavy atom. The van der Waals surface area contributed by atoms with Crippen molar-refractivity contribution in [3.05, 3.63) is 0 Å². The van der Waals surface area contributed by atoms with Crippen molar-refractivity contribution in [2.45, 2.75) is 213 Å². The van der Waals surface area contributed by atoms with Crippen molar-refractivity contribution in [1.29, 1.82) is 0 Å². The number of hydrogen-bond donors (Lipinski definition) is 0. The first kappa shape index (κ1) is 62.0. The molecule has 0 atom stereocenters. The van der Waals surface area contributed by atoms with E-state index in [-0.39, 0.29) is 0 Å². The Labute approximate surface area is 414 Å². The van der Waals surface area contributed by atoms with Crippen LogP contribution >= 0.6 is 0 Å². The second kappa shape index (κ2) is 44.2. The summed E-state index contributed by atoms with van der Waals surface area (Å²) in [5, 5.41) is 0. The molecule has 5 saturated heterocycles. The third-order valence-corrected chi connectivity index (χ3v) is 50.2. The molecule has 0 amide bonds. The van der Waals surface area contributed by atoms with Gasteiger partial charge in [-0.15, -0.1) is 0 Å². The van der Waals surface area contributed by atoms with Gasteiger partial charge in [-0.2, -0.15) is 0 Å². The summed E-state index contributed by atoms with van der Waals surface area (Å²) in [5.41, 5.74) is 5.16. The fourth-order valence-corrected chi connectivity index (χ4v) is 37.8. The minimum absolute atomic E-state index is 0.658. The molecule has 0 aromatic carbocycles. The molecule has 0 N–H and O–H groups in total. The zero-order valence-corrected chi connectivity index (χ0v) is 56.2. The Morgan fingerprint density at radius 3 is 0.967 bits per heavy atom. The molecule has 0 aromatic heterocycles. The topological polar surface area (TPSA) is 16.2 Å². The summed E-state index contributed by atoms with van der Waals surface area (Å²) in [6.07, 6.45) is 22.1. The van der Waals surface area contributed by atoms with Gasteiger partial charge in [-0.1, -0.05) is 0 Å². The molecule has 5 fully saturated rings. The van der Waals surface area contributed by atoms with Crippen LogP contribution in [0.25, 0.3) is 0 Å². The van der Waals surface area contributed by atoms with E-state index in [0.29, 0.717) is 0 Å². The van der Waals surface area contributed by atoms with E-state index in [1.54, 1.807) is 77.5 Å². The van der Waals surface area contributed by atoms with Crippen molar-refractivity contribution in [2.75, 3.05) is 99.2 Å². The fraction of sp³-hybridized carbons (Fsp3) is 1.00. The van der Waals surface area contributed by atoms with Crippen molar-refractivity contribution in [3.8, 4) is 0 Å². The van der Waals surface area contributed by atoms with Crippen LogP contribution in [0.3, 0.4) is 0 Å². The molecule has 5 nitrogen and oxygen atoms in total. The summed E-state index contributed by atoms with van der Waals surface area (Å²) >= 11 is -3.46. The van der Waals surface area contributed by atoms with E-state index in [1.807, 2.05) is 0 Å². The van der Waals surface area contributed by atoms with Crippen LogP contribution in [-0.2, 0) is 0 Å². The van der Waals surface area contributed by atoms with Crippen LogP contribution in [0.15, 0.2) is 0 Å². The average molecular weight is 1140 g/mol. The second-order valence-electron chi connectivity index (χ2n) is 21.3. The van der Waals surface area contributed by atoms with Crippen molar-refractivity contribution in [1.82, 2.24) is 24.5 Å². The molecule has 5 aliphatic heterocycles. The van der Waals surface area contributed by atoms with E-state index in [0.717, 1.165) is 0 Å². The van der Waals surface area contributed by atoms with Gasteiger partial charge in [0.15, 0.2) is 0 Å². The van der Waals surface area contributed by atoms with Crippen LogP contribution in [0.1, 0.15) is 138 Å². The molecule has 5 aliphatic rings. The van der Waals surface area contributed by atoms with Gasteiger partial charge in [0.05, 0.1) is 0 Å². The molecular formula is C51H112Ga5N5. The second-order valence-corrected chi connectivity index (χ2v) is 58.2. The maximum atomic E-state index is 2.69. The van der Waals surface area contributed by atoms with Gasteiger partial charge in [0.1, 0.15) is 0 Å². The number of hydrogen-bond acceptors (Lipinski definition) is 5. The Balaban J connectivity index is 0.000000383. The molecule has 5 rings (SSSR count). The molecule has 0 spiro atoms. The molecule has 356 valence electrons. The number of nitrogens with zero attached hydrogens (tertiary/aromatic N) is 5. The Morgan fingerprint density at radius 2 is 0.639 bits per heavy atom. The maximum absolute atomic E-state index is 2.69. The SMILES string of the molecule is CCCN1CCC[CH2][Ga]([CH2]C)[CH2]CCC1.CCCN1CC[CH2][Ga]([CH3])[CH2]CC1.CCN1CC[CH2][Ga]([CH3])[CH2]CC1.CC[CH2][Ga]1[CH2]CCN(C)CC[CH2]1.C[CH2][Ga]1[CH2]CCN(C)CC[CH2]1. The van der Waals surface area contributed by atoms with Crippen LogP contribution in [-0.4, -0.2) is 205 Å². The van der Waals surface area contributed by atoms with E-state index in [4.69, 9.17) is 0 Å². The summed E-state index contributed by atoms with van der Waals surface area (Å²) in [7, 11) is 4.53. The quantitative estimate of drug-likeness (QED) is 0.213. The van der Waals surface area contributed by atoms with Crippen LogP contribution in [0.4, 0.5) is 0 Å². The van der Waals surface area contributed by atoms with Gasteiger partial charge in [-0.05, 0) is 0 Å². The monoisotopic (exact) mass is 1140 g/mol. The first-order chi connectivity index (χ1) is 29.7. The number of rotatable bonds is 9. The van der Waals surface area contributed by atoms with E-state index >= 15 is 0 Å². The summed E-state index contributed by atoms with van der Waals surface area (Å²) in [4.78, 5) is 34.2. The van der Waals surface area contributed by atoms with Gasteiger partial charge >= 0.3 is 418 Å². The van der Waals surface area contributed by atoms with Gasteiger partial charge in [0.2, 0.25) is 0 Å². The van der Waals surface area contributed by atoms with Gasteiger partial charge < -0.3 is 0 Å². The van der Waals surface area contributed by atoms with Crippen LogP contribution in [0.2, 0.25) is 75.6 Å². The van der Waals surface area contributed by atoms with Crippen molar-refractivity contribution < 1.29 is 0 Å². The molecule has 0 bridgehead atoms. The first-order valence-electron chi connectivity index (χ1n) is 28.2. The molecule has 61 heavy (non-hydrogen) atoms. The van der Waals surface area contributed by atoms with Gasteiger partial charge in [-0.25, -0.2) is 0 Å². The third kappa shape index (κ3) is 36.6. The van der Waals surface area contributed by atoms with Crippen LogP contribution < -0.4 is 0 Å². The van der Waals surface area contributed by atoms with Gasteiger partial charge in [-0.3, -0.25) is 0 Å². The Hall–Kier alpha value is 2.98. The third-order valence-electron chi connectivity index (χ3n) is 15.3. The molecule has 0 radical (unpaired) electrons. The van der Waals surface area contributed by atoms with Crippen molar-refractivity contribution in [3.63, 3.8) is 0 Å². The molecule has 0 aromatic rings. The standard InChI is InChI=1S/C11H23N.C9H19N.C8H17N.2C7H15N.C3H7.2C2H5.2CH3.5Ga/c1-4-7-10-12(9-6-3)11-8-5-2;1-4-7-10(8-5-2)9-6-3;1-4-7-9(6-3)8-5-2;2*1-4-6-8(3)7-5-2;1-3-2;2*1-2;;;;;;;/h1-2,4-11H2,3H3;1-2,4-9H2,3H3;1-2,4-8H2,3H3;2*1-2,4-7H2,3H3;1,3H2,2H3;2*1H2,2H3;2*1H3;;;;;. The first-order valence-corrected chi connectivity index (χ1v) is 55.3. The van der Waals surface area contributed by atoms with E-state index in [1.165, 1.54) is 169 Å². The van der Waals surface area contributed by atoms with E-state index in [9.17, 15) is 0 Å². The zero-order valence-electron chi connectivity index (χ0n) is 44.1. The molecule has 5 heterocycles. The Bertz CT molecular complexity index is 817. The van der Waals surface area contributed by atoms with Crippen molar-refractivity contribution >= 4 is 81.1 Å². The normalized spacial score (nSPS) is 22.2. The van der Waals surface area contributed by atoms with E-state index < -0.39 is 81.1 Å². The summed E-state index contributed by atoms with van der Waals surface area (Å²) in [6.45, 7) is 31.8. The molecule has 0 unspecified atom stereocenters. The predicted molar refractivity (Wildman–Crippen MR) is 291 cm³/mol. The van der Waals surface area contributed by atoms with Crippen LogP contribution in [0.5, 0.6) is 0 Å². The zero-order chi connectivity index (χ0) is 44.8. The predicted octanol–water partition coefficient (Wildman–Crippen LogP) is 13.5. The molecule has 0 aliphatic carbocycles. The van der Waals surface area contributed by atoms with Gasteiger partial charge in [0, 0.05) is 0 Å². The minimum atomic E-state index is -0.743. The molecule has 10 heteroatoms. The molecule has 0 saturated carbocycles. The van der Waals surface area contributed by atoms with E-state index in [2.05, 4.69) is 91.1 Å². The van der Waals surface area contributed by atoms with Crippen LogP contribution in [0, 0.1) is 0 Å². The fourth-order valence-electron chi connectivity index (χ4n) is 11.0. The Kier molecular flexibility index (Phi) is 44.9. The van der Waals surface area contributed by atoms with Gasteiger partial charge in [0.25, 0.3) is 0 Å². The summed E-state index contributed by atoms with van der Waals surface area (Å²) in [5.74, 6) is 0. The summed E-state index contributed by atoms with van der Waals surface area (Å²) < 4.78 is 0.